The SMILES string of the molecule is CC(C)(C)CC(NC(=O)OCC1c2ccccc2-c2ccccc21)C(=O)N1CC2CC1(C(=O)O)C2. The van der Waals surface area contributed by atoms with Gasteiger partial charge >= 0.3 is 12.1 Å². The van der Waals surface area contributed by atoms with Crippen LogP contribution >= 0.6 is 0 Å². The highest BCUT2D eigenvalue weighted by molar-refractivity contribution is 5.93. The maximum Gasteiger partial charge on any atom is 0.407 e. The lowest BCUT2D eigenvalue weighted by molar-refractivity contribution is -0.159. The Balaban J connectivity index is 1.30. The second-order valence-corrected chi connectivity index (χ2v) is 11.3. The van der Waals surface area contributed by atoms with Crippen LogP contribution in [0, 0.1) is 11.3 Å². The molecule has 2 amide bonds. The number of carboxylic acids is 1. The number of aliphatic carboxylic acids is 1. The van der Waals surface area contributed by atoms with Crippen LogP contribution in [0.3, 0.4) is 0 Å². The number of carboxylic acid groups (broad SMARTS) is 1. The summed E-state index contributed by atoms with van der Waals surface area (Å²) in [4.78, 5) is 39.8. The van der Waals surface area contributed by atoms with Gasteiger partial charge in [0.05, 0.1) is 0 Å². The third-order valence-corrected chi connectivity index (χ3v) is 7.62. The van der Waals surface area contributed by atoms with E-state index in [1.54, 1.807) is 0 Å². The molecule has 2 bridgehead atoms. The van der Waals surface area contributed by atoms with Crippen molar-refractivity contribution in [1.29, 1.82) is 0 Å². The third-order valence-electron chi connectivity index (χ3n) is 7.62. The third kappa shape index (κ3) is 4.07. The number of nitrogens with one attached hydrogen (secondary N) is 1. The summed E-state index contributed by atoms with van der Waals surface area (Å²) < 4.78 is 5.67. The Kier molecular flexibility index (Phi) is 5.61. The zero-order chi connectivity index (χ0) is 25.0. The van der Waals surface area contributed by atoms with Gasteiger partial charge in [0, 0.05) is 12.5 Å². The molecule has 2 saturated heterocycles. The van der Waals surface area contributed by atoms with Gasteiger partial charge in [-0.25, -0.2) is 9.59 Å². The molecule has 0 aromatic heterocycles. The Morgan fingerprint density at radius 2 is 1.63 bits per heavy atom. The van der Waals surface area contributed by atoms with Crippen LogP contribution in [0.15, 0.2) is 48.5 Å². The van der Waals surface area contributed by atoms with E-state index in [4.69, 9.17) is 4.74 Å². The van der Waals surface area contributed by atoms with Crippen molar-refractivity contribution in [2.24, 2.45) is 11.3 Å². The normalized spacial score (nSPS) is 23.2. The molecule has 6 rings (SSSR count). The number of benzene rings is 2. The van der Waals surface area contributed by atoms with Crippen molar-refractivity contribution in [3.8, 4) is 11.1 Å². The molecule has 1 unspecified atom stereocenters. The minimum atomic E-state index is -1.12. The number of hydrogen-bond acceptors (Lipinski definition) is 4. The molecule has 0 radical (unpaired) electrons. The zero-order valence-electron chi connectivity index (χ0n) is 20.4. The van der Waals surface area contributed by atoms with Crippen molar-refractivity contribution in [2.75, 3.05) is 13.2 Å². The molecule has 1 saturated carbocycles. The molecular formula is C28H32N2O5. The lowest BCUT2D eigenvalue weighted by atomic mass is 9.73. The van der Waals surface area contributed by atoms with Crippen molar-refractivity contribution < 1.29 is 24.2 Å². The summed E-state index contributed by atoms with van der Waals surface area (Å²) in [6.07, 6.45) is 0.695. The Bertz CT molecular complexity index is 1130. The number of alkyl carbamates (subject to hydrolysis) is 1. The van der Waals surface area contributed by atoms with E-state index in [1.807, 2.05) is 45.0 Å². The predicted octanol–water partition coefficient (Wildman–Crippen LogP) is 4.41. The summed E-state index contributed by atoms with van der Waals surface area (Å²) >= 11 is 0. The summed E-state index contributed by atoms with van der Waals surface area (Å²) in [6, 6.07) is 15.4. The number of carbonyl (C=O) groups is 3. The molecule has 2 aliphatic carbocycles. The standard InChI is InChI=1S/C28H32N2O5/c1-27(2,3)14-23(24(31)30-15-17-12-28(30,13-17)25(32)33)29-26(34)35-16-22-20-10-6-4-8-18(20)19-9-5-7-11-21(19)22/h4-11,17,22-23H,12-16H2,1-3H3,(H,29,34)(H,32,33). The molecule has 2 N–H and O–H groups in total. The summed E-state index contributed by atoms with van der Waals surface area (Å²) in [5.41, 5.74) is 3.14. The molecule has 2 aromatic rings. The summed E-state index contributed by atoms with van der Waals surface area (Å²) in [7, 11) is 0. The monoisotopic (exact) mass is 476 g/mol. The van der Waals surface area contributed by atoms with Crippen molar-refractivity contribution in [2.45, 2.75) is 57.5 Å². The molecule has 3 fully saturated rings. The fourth-order valence-electron chi connectivity index (χ4n) is 6.05. The van der Waals surface area contributed by atoms with Crippen molar-refractivity contribution >= 4 is 18.0 Å². The van der Waals surface area contributed by atoms with Crippen LogP contribution in [0.5, 0.6) is 0 Å². The highest BCUT2D eigenvalue weighted by Gasteiger charge is 2.63. The maximum absolute atomic E-state index is 13.5. The first-order valence-electron chi connectivity index (χ1n) is 12.3. The average Bonchev–Trinajstić information content (AvgIpc) is 3.44. The molecule has 0 spiro atoms. The van der Waals surface area contributed by atoms with Gasteiger partial charge in [0.15, 0.2) is 0 Å². The van der Waals surface area contributed by atoms with E-state index in [2.05, 4.69) is 29.6 Å². The van der Waals surface area contributed by atoms with Gasteiger partial charge in [0.1, 0.15) is 18.2 Å². The molecule has 1 atom stereocenters. The minimum Gasteiger partial charge on any atom is -0.479 e. The van der Waals surface area contributed by atoms with E-state index in [-0.39, 0.29) is 29.8 Å². The maximum atomic E-state index is 13.5. The lowest BCUT2D eigenvalue weighted by Crippen LogP contribution is -2.59. The van der Waals surface area contributed by atoms with Gasteiger partial charge in [-0.15, -0.1) is 0 Å². The molecule has 4 aliphatic rings. The van der Waals surface area contributed by atoms with Gasteiger partial charge < -0.3 is 20.1 Å². The van der Waals surface area contributed by atoms with E-state index in [1.165, 1.54) is 4.90 Å². The van der Waals surface area contributed by atoms with Crippen LogP contribution in [-0.4, -0.2) is 52.7 Å². The second-order valence-electron chi connectivity index (χ2n) is 11.3. The molecule has 7 nitrogen and oxygen atoms in total. The Labute approximate surface area is 205 Å². The molecule has 35 heavy (non-hydrogen) atoms. The van der Waals surface area contributed by atoms with Gasteiger partial charge in [-0.1, -0.05) is 69.3 Å². The first-order chi connectivity index (χ1) is 16.6. The molecule has 7 heteroatoms. The van der Waals surface area contributed by atoms with Crippen LogP contribution in [0.1, 0.15) is 57.1 Å². The van der Waals surface area contributed by atoms with E-state index >= 15 is 0 Å². The van der Waals surface area contributed by atoms with Crippen molar-refractivity contribution in [3.05, 3.63) is 59.7 Å². The van der Waals surface area contributed by atoms with Crippen molar-refractivity contribution in [3.63, 3.8) is 0 Å². The van der Waals surface area contributed by atoms with Crippen molar-refractivity contribution in [1.82, 2.24) is 10.2 Å². The number of hydrogen-bond donors (Lipinski definition) is 2. The number of carbonyl (C=O) groups excluding carboxylic acids is 2. The van der Waals surface area contributed by atoms with Gasteiger partial charge in [-0.2, -0.15) is 0 Å². The van der Waals surface area contributed by atoms with Crippen LogP contribution in [0.25, 0.3) is 11.1 Å². The number of rotatable bonds is 6. The number of fused-ring (bicyclic) bond motifs is 4. The summed E-state index contributed by atoms with van der Waals surface area (Å²) in [6.45, 7) is 6.55. The Morgan fingerprint density at radius 1 is 1.06 bits per heavy atom. The summed E-state index contributed by atoms with van der Waals surface area (Å²) in [5.74, 6) is -1.16. The fourth-order valence-corrected chi connectivity index (χ4v) is 6.05. The minimum absolute atomic E-state index is 0.0778. The number of nitrogens with zero attached hydrogens (tertiary/aromatic N) is 1. The van der Waals surface area contributed by atoms with Gasteiger partial charge in [-0.05, 0) is 52.8 Å². The summed E-state index contributed by atoms with van der Waals surface area (Å²) in [5, 5.41) is 12.6. The molecule has 184 valence electrons. The van der Waals surface area contributed by atoms with Crippen LogP contribution in [0.4, 0.5) is 4.79 Å². The average molecular weight is 477 g/mol. The van der Waals surface area contributed by atoms with E-state index in [9.17, 15) is 19.5 Å². The van der Waals surface area contributed by atoms with Crippen LogP contribution < -0.4 is 5.32 Å². The zero-order valence-corrected chi connectivity index (χ0v) is 20.4. The Morgan fingerprint density at radius 3 is 2.17 bits per heavy atom. The number of amides is 2. The van der Waals surface area contributed by atoms with E-state index in [0.717, 1.165) is 22.3 Å². The second kappa shape index (κ2) is 8.40. The first-order valence-corrected chi connectivity index (χ1v) is 12.3. The quantitative estimate of drug-likeness (QED) is 0.644. The fraction of sp³-hybridized carbons (Fsp3) is 0.464. The topological polar surface area (TPSA) is 95.9 Å². The molecule has 2 aliphatic heterocycles. The molecule has 2 heterocycles. The predicted molar refractivity (Wildman–Crippen MR) is 131 cm³/mol. The van der Waals surface area contributed by atoms with Crippen LogP contribution in [0.2, 0.25) is 0 Å². The van der Waals surface area contributed by atoms with Gasteiger partial charge in [0.2, 0.25) is 5.91 Å². The highest BCUT2D eigenvalue weighted by atomic mass is 16.5. The van der Waals surface area contributed by atoms with E-state index < -0.39 is 23.6 Å². The van der Waals surface area contributed by atoms with Crippen LogP contribution in [-0.2, 0) is 14.3 Å². The lowest BCUT2D eigenvalue weighted by Gasteiger charge is -2.39. The molecular weight excluding hydrogens is 444 g/mol. The van der Waals surface area contributed by atoms with E-state index in [0.29, 0.717) is 25.8 Å². The molecule has 2 aromatic carbocycles. The first kappa shape index (κ1) is 23.4. The Hall–Kier alpha value is -3.35. The van der Waals surface area contributed by atoms with Gasteiger partial charge in [-0.3, -0.25) is 4.79 Å². The van der Waals surface area contributed by atoms with Gasteiger partial charge in [0.25, 0.3) is 0 Å². The smallest absolute Gasteiger partial charge is 0.407 e. The highest BCUT2D eigenvalue weighted by Crippen LogP contribution is 2.51. The number of ether oxygens (including phenoxy) is 1. The largest absolute Gasteiger partial charge is 0.479 e.